The van der Waals surface area contributed by atoms with Crippen molar-refractivity contribution in [3.63, 3.8) is 0 Å². The van der Waals surface area contributed by atoms with Crippen molar-refractivity contribution < 1.29 is 0 Å². The van der Waals surface area contributed by atoms with Gasteiger partial charge in [-0.05, 0) is 43.7 Å². The molecule has 0 aliphatic heterocycles. The Morgan fingerprint density at radius 3 is 1.60 bits per heavy atom. The summed E-state index contributed by atoms with van der Waals surface area (Å²) < 4.78 is 0. The van der Waals surface area contributed by atoms with Crippen LogP contribution in [0.2, 0.25) is 0 Å². The summed E-state index contributed by atoms with van der Waals surface area (Å²) in [4.78, 5) is 0. The first-order chi connectivity index (χ1) is 9.29. The summed E-state index contributed by atoms with van der Waals surface area (Å²) in [5.74, 6) is 0. The van der Waals surface area contributed by atoms with Gasteiger partial charge < -0.3 is 0 Å². The van der Waals surface area contributed by atoms with E-state index in [2.05, 4.69) is 27.7 Å². The van der Waals surface area contributed by atoms with Gasteiger partial charge in [0.2, 0.25) is 0 Å². The van der Waals surface area contributed by atoms with Crippen molar-refractivity contribution in [3.05, 3.63) is 0 Å². The number of unbranched alkanes of at least 4 members (excludes halogenated alkanes) is 5. The molecular formula is C18H40ClP. The highest BCUT2D eigenvalue weighted by molar-refractivity contribution is 7.58. The van der Waals surface area contributed by atoms with Crippen LogP contribution in [0.15, 0.2) is 0 Å². The molecule has 0 bridgehead atoms. The average Bonchev–Trinajstić information content (AvgIpc) is 2.43. The molecular weight excluding hydrogens is 283 g/mol. The standard InChI is InChI=1S/C18H39P.ClH/c1-5-9-12-13-15-18(14-8-4)19(16-10-6-2)17-11-7-3;/h18H,5-17H2,1-4H3;1H. The smallest absolute Gasteiger partial charge is 0.0209 e. The van der Waals surface area contributed by atoms with Crippen molar-refractivity contribution >= 4 is 20.3 Å². The van der Waals surface area contributed by atoms with Crippen LogP contribution in [0.5, 0.6) is 0 Å². The Balaban J connectivity index is 0. The first-order valence-electron chi connectivity index (χ1n) is 9.04. The lowest BCUT2D eigenvalue weighted by atomic mass is 10.1. The van der Waals surface area contributed by atoms with Gasteiger partial charge in [0.15, 0.2) is 0 Å². The molecule has 0 rings (SSSR count). The molecule has 0 aromatic heterocycles. The van der Waals surface area contributed by atoms with Crippen LogP contribution in [0, 0.1) is 0 Å². The molecule has 0 fully saturated rings. The van der Waals surface area contributed by atoms with Crippen LogP contribution in [0.1, 0.15) is 98.3 Å². The molecule has 0 aromatic rings. The Labute approximate surface area is 137 Å². The van der Waals surface area contributed by atoms with Crippen LogP contribution in [-0.2, 0) is 0 Å². The van der Waals surface area contributed by atoms with Crippen molar-refractivity contribution in [2.75, 3.05) is 12.3 Å². The van der Waals surface area contributed by atoms with E-state index in [0.29, 0.717) is 7.92 Å². The fourth-order valence-electron chi connectivity index (χ4n) is 2.85. The summed E-state index contributed by atoms with van der Waals surface area (Å²) in [6.45, 7) is 9.40. The van der Waals surface area contributed by atoms with Crippen molar-refractivity contribution in [1.82, 2.24) is 0 Å². The minimum Gasteiger partial charge on any atom is -0.147 e. The summed E-state index contributed by atoms with van der Waals surface area (Å²) >= 11 is 0. The van der Waals surface area contributed by atoms with E-state index in [1.165, 1.54) is 70.6 Å². The lowest BCUT2D eigenvalue weighted by Crippen LogP contribution is -2.10. The van der Waals surface area contributed by atoms with Crippen LogP contribution in [0.3, 0.4) is 0 Å². The van der Waals surface area contributed by atoms with Crippen LogP contribution >= 0.6 is 20.3 Å². The molecule has 2 heteroatoms. The summed E-state index contributed by atoms with van der Waals surface area (Å²) in [7, 11) is 0.337. The van der Waals surface area contributed by atoms with Gasteiger partial charge in [-0.25, -0.2) is 0 Å². The maximum atomic E-state index is 2.38. The molecule has 0 saturated carbocycles. The Hall–Kier alpha value is 0.720. The number of hydrogen-bond acceptors (Lipinski definition) is 0. The van der Waals surface area contributed by atoms with Crippen molar-refractivity contribution in [1.29, 1.82) is 0 Å². The maximum absolute atomic E-state index is 2.38. The summed E-state index contributed by atoms with van der Waals surface area (Å²) in [5, 5.41) is 0. The molecule has 20 heavy (non-hydrogen) atoms. The molecule has 1 unspecified atom stereocenters. The average molecular weight is 323 g/mol. The first-order valence-corrected chi connectivity index (χ1v) is 10.8. The van der Waals surface area contributed by atoms with Gasteiger partial charge in [-0.2, -0.15) is 0 Å². The Morgan fingerprint density at radius 2 is 1.15 bits per heavy atom. The van der Waals surface area contributed by atoms with Crippen LogP contribution in [0.4, 0.5) is 0 Å². The van der Waals surface area contributed by atoms with Gasteiger partial charge in [-0.15, -0.1) is 20.3 Å². The monoisotopic (exact) mass is 322 g/mol. The highest BCUT2D eigenvalue weighted by Gasteiger charge is 2.18. The molecule has 0 aliphatic carbocycles. The molecule has 0 heterocycles. The van der Waals surface area contributed by atoms with E-state index >= 15 is 0 Å². The van der Waals surface area contributed by atoms with Gasteiger partial charge >= 0.3 is 0 Å². The third-order valence-electron chi connectivity index (χ3n) is 4.13. The molecule has 0 spiro atoms. The van der Waals surface area contributed by atoms with Gasteiger partial charge in [-0.3, -0.25) is 0 Å². The fraction of sp³-hybridized carbons (Fsp3) is 1.00. The molecule has 0 saturated heterocycles. The quantitative estimate of drug-likeness (QED) is 0.228. The van der Waals surface area contributed by atoms with Gasteiger partial charge in [0.05, 0.1) is 0 Å². The number of hydrogen-bond donors (Lipinski definition) is 0. The van der Waals surface area contributed by atoms with E-state index in [1.54, 1.807) is 12.3 Å². The maximum Gasteiger partial charge on any atom is -0.0209 e. The van der Waals surface area contributed by atoms with Gasteiger partial charge in [0.1, 0.15) is 0 Å². The topological polar surface area (TPSA) is 0 Å². The second-order valence-electron chi connectivity index (χ2n) is 6.03. The predicted molar refractivity (Wildman–Crippen MR) is 101 cm³/mol. The zero-order valence-electron chi connectivity index (χ0n) is 14.6. The molecule has 124 valence electrons. The predicted octanol–water partition coefficient (Wildman–Crippen LogP) is 7.63. The van der Waals surface area contributed by atoms with Crippen LogP contribution in [-0.4, -0.2) is 18.0 Å². The SMILES string of the molecule is CCCCCCC(CCC)P(CCCC)CCCC.Cl. The fourth-order valence-corrected chi connectivity index (χ4v) is 6.42. The third kappa shape index (κ3) is 12.5. The lowest BCUT2D eigenvalue weighted by Gasteiger charge is -2.28. The number of halogens is 1. The molecule has 0 amide bonds. The second kappa shape index (κ2) is 17.8. The third-order valence-corrected chi connectivity index (χ3v) is 7.46. The second-order valence-corrected chi connectivity index (χ2v) is 8.84. The highest BCUT2D eigenvalue weighted by atomic mass is 35.5. The summed E-state index contributed by atoms with van der Waals surface area (Å²) in [6, 6.07) is 0. The minimum absolute atomic E-state index is 0. The molecule has 0 aromatic carbocycles. The van der Waals surface area contributed by atoms with Crippen molar-refractivity contribution in [3.8, 4) is 0 Å². The molecule has 0 radical (unpaired) electrons. The minimum atomic E-state index is 0. The molecule has 0 N–H and O–H groups in total. The highest BCUT2D eigenvalue weighted by Crippen LogP contribution is 2.47. The van der Waals surface area contributed by atoms with Gasteiger partial charge in [0, 0.05) is 0 Å². The summed E-state index contributed by atoms with van der Waals surface area (Å²) in [6.07, 6.45) is 19.1. The van der Waals surface area contributed by atoms with E-state index in [-0.39, 0.29) is 12.4 Å². The van der Waals surface area contributed by atoms with E-state index in [4.69, 9.17) is 0 Å². The van der Waals surface area contributed by atoms with Crippen LogP contribution in [0.25, 0.3) is 0 Å². The molecule has 0 aliphatic rings. The van der Waals surface area contributed by atoms with Gasteiger partial charge in [0.25, 0.3) is 0 Å². The zero-order valence-corrected chi connectivity index (χ0v) is 16.3. The molecule has 0 nitrogen and oxygen atoms in total. The van der Waals surface area contributed by atoms with Crippen LogP contribution < -0.4 is 0 Å². The zero-order chi connectivity index (χ0) is 14.3. The Morgan fingerprint density at radius 1 is 0.600 bits per heavy atom. The molecule has 1 atom stereocenters. The van der Waals surface area contributed by atoms with Crippen molar-refractivity contribution in [2.24, 2.45) is 0 Å². The number of rotatable bonds is 14. The Bertz CT molecular complexity index is 165. The Kier molecular flexibility index (Phi) is 20.4. The van der Waals surface area contributed by atoms with E-state index in [9.17, 15) is 0 Å². The normalized spacial score (nSPS) is 12.4. The largest absolute Gasteiger partial charge is 0.147 e. The van der Waals surface area contributed by atoms with Crippen molar-refractivity contribution in [2.45, 2.75) is 104 Å². The van der Waals surface area contributed by atoms with E-state index in [0.717, 1.165) is 5.66 Å². The van der Waals surface area contributed by atoms with E-state index < -0.39 is 0 Å². The van der Waals surface area contributed by atoms with E-state index in [1.807, 2.05) is 0 Å². The summed E-state index contributed by atoms with van der Waals surface area (Å²) in [5.41, 5.74) is 1.09. The van der Waals surface area contributed by atoms with Gasteiger partial charge in [-0.1, -0.05) is 72.6 Å². The lowest BCUT2D eigenvalue weighted by molar-refractivity contribution is 0.588. The first kappa shape index (κ1) is 23.0.